The topological polar surface area (TPSA) is 103 Å². The Kier molecular flexibility index (Phi) is 5.43. The lowest BCUT2D eigenvalue weighted by Gasteiger charge is -2.33. The molecule has 2 aromatic rings. The zero-order chi connectivity index (χ0) is 19.6. The standard InChI is InChI=1S/C19H22FN3O4/c1-11(24)22-17(18(25)23-6-2-3-12(10-23)19(26)27)7-13-9-21-16-8-14(20)4-5-15(13)16/h4-5,8-9,12,17,21H,2-3,6-7,10H2,1H3,(H,22,24)(H,26,27)/t12-,17+/m0/s1. The minimum absolute atomic E-state index is 0.142. The van der Waals surface area contributed by atoms with E-state index in [2.05, 4.69) is 10.3 Å². The van der Waals surface area contributed by atoms with Crippen molar-refractivity contribution in [2.24, 2.45) is 5.92 Å². The summed E-state index contributed by atoms with van der Waals surface area (Å²) in [5, 5.41) is 12.7. The number of aliphatic carboxylic acids is 1. The number of amides is 2. The zero-order valence-electron chi connectivity index (χ0n) is 15.0. The Morgan fingerprint density at radius 1 is 1.41 bits per heavy atom. The summed E-state index contributed by atoms with van der Waals surface area (Å²) in [6.45, 7) is 1.95. The van der Waals surface area contributed by atoms with Gasteiger partial charge in [-0.15, -0.1) is 0 Å². The van der Waals surface area contributed by atoms with Crippen LogP contribution in [0.3, 0.4) is 0 Å². The third-order valence-electron chi connectivity index (χ3n) is 4.91. The molecule has 2 atom stereocenters. The maximum Gasteiger partial charge on any atom is 0.308 e. The molecule has 1 aromatic carbocycles. The highest BCUT2D eigenvalue weighted by molar-refractivity contribution is 5.89. The first kappa shape index (κ1) is 18.9. The summed E-state index contributed by atoms with van der Waals surface area (Å²) in [5.41, 5.74) is 1.40. The van der Waals surface area contributed by atoms with Crippen LogP contribution in [0, 0.1) is 11.7 Å². The number of fused-ring (bicyclic) bond motifs is 1. The number of hydrogen-bond donors (Lipinski definition) is 3. The number of carboxylic acids is 1. The number of hydrogen-bond acceptors (Lipinski definition) is 3. The van der Waals surface area contributed by atoms with Gasteiger partial charge < -0.3 is 20.3 Å². The molecule has 2 heterocycles. The Hall–Kier alpha value is -2.90. The van der Waals surface area contributed by atoms with Gasteiger partial charge in [0.2, 0.25) is 11.8 Å². The highest BCUT2D eigenvalue weighted by atomic mass is 19.1. The SMILES string of the molecule is CC(=O)N[C@H](Cc1c[nH]c2cc(F)ccc12)C(=O)N1CCC[C@H](C(=O)O)C1. The van der Waals surface area contributed by atoms with Crippen LogP contribution in [0.2, 0.25) is 0 Å². The predicted octanol–water partition coefficient (Wildman–Crippen LogP) is 1.68. The van der Waals surface area contributed by atoms with Crippen molar-refractivity contribution in [3.05, 3.63) is 35.8 Å². The number of benzene rings is 1. The van der Waals surface area contributed by atoms with Crippen LogP contribution in [0.5, 0.6) is 0 Å². The van der Waals surface area contributed by atoms with Crippen LogP contribution in [0.25, 0.3) is 10.9 Å². The van der Waals surface area contributed by atoms with E-state index in [1.54, 1.807) is 12.3 Å². The fourth-order valence-electron chi connectivity index (χ4n) is 3.59. The number of H-pyrrole nitrogens is 1. The van der Waals surface area contributed by atoms with Gasteiger partial charge in [-0.2, -0.15) is 0 Å². The summed E-state index contributed by atoms with van der Waals surface area (Å²) in [6.07, 6.45) is 3.08. The molecule has 8 heteroatoms. The molecule has 1 aliphatic heterocycles. The lowest BCUT2D eigenvalue weighted by atomic mass is 9.96. The molecule has 1 aliphatic rings. The highest BCUT2D eigenvalue weighted by Gasteiger charge is 2.32. The summed E-state index contributed by atoms with van der Waals surface area (Å²) in [7, 11) is 0. The van der Waals surface area contributed by atoms with E-state index < -0.39 is 17.9 Å². The van der Waals surface area contributed by atoms with Crippen molar-refractivity contribution >= 4 is 28.7 Å². The monoisotopic (exact) mass is 375 g/mol. The normalized spacial score (nSPS) is 18.3. The number of nitrogens with zero attached hydrogens (tertiary/aromatic N) is 1. The third kappa shape index (κ3) is 4.27. The molecule has 1 saturated heterocycles. The number of piperidine rings is 1. The van der Waals surface area contributed by atoms with Crippen molar-refractivity contribution in [3.8, 4) is 0 Å². The number of carboxylic acid groups (broad SMARTS) is 1. The smallest absolute Gasteiger partial charge is 0.308 e. The van der Waals surface area contributed by atoms with Gasteiger partial charge in [0.1, 0.15) is 11.9 Å². The maximum atomic E-state index is 13.4. The number of carbonyl (C=O) groups excluding carboxylic acids is 2. The molecule has 7 nitrogen and oxygen atoms in total. The van der Waals surface area contributed by atoms with Gasteiger partial charge >= 0.3 is 5.97 Å². The predicted molar refractivity (Wildman–Crippen MR) is 96.5 cm³/mol. The summed E-state index contributed by atoms with van der Waals surface area (Å²) in [4.78, 5) is 40.3. The van der Waals surface area contributed by atoms with E-state index in [0.717, 1.165) is 10.9 Å². The molecule has 0 unspecified atom stereocenters. The van der Waals surface area contributed by atoms with Crippen molar-refractivity contribution in [1.82, 2.24) is 15.2 Å². The molecule has 1 fully saturated rings. The Balaban J connectivity index is 1.81. The van der Waals surface area contributed by atoms with Gasteiger partial charge in [-0.25, -0.2) is 4.39 Å². The molecule has 0 radical (unpaired) electrons. The van der Waals surface area contributed by atoms with Crippen molar-refractivity contribution in [2.45, 2.75) is 32.2 Å². The average Bonchev–Trinajstić information content (AvgIpc) is 3.02. The van der Waals surface area contributed by atoms with Gasteiger partial charge in [-0.3, -0.25) is 14.4 Å². The summed E-state index contributed by atoms with van der Waals surface area (Å²) in [6, 6.07) is 3.54. The van der Waals surface area contributed by atoms with Crippen LogP contribution in [0.1, 0.15) is 25.3 Å². The lowest BCUT2D eigenvalue weighted by Crippen LogP contribution is -2.52. The van der Waals surface area contributed by atoms with E-state index in [0.29, 0.717) is 24.9 Å². The lowest BCUT2D eigenvalue weighted by molar-refractivity contribution is -0.146. The van der Waals surface area contributed by atoms with Crippen molar-refractivity contribution in [3.63, 3.8) is 0 Å². The van der Waals surface area contributed by atoms with Crippen LogP contribution in [-0.4, -0.2) is 51.9 Å². The molecule has 3 N–H and O–H groups in total. The number of halogens is 1. The van der Waals surface area contributed by atoms with Crippen molar-refractivity contribution < 1.29 is 23.9 Å². The van der Waals surface area contributed by atoms with Gasteiger partial charge in [-0.05, 0) is 36.6 Å². The van der Waals surface area contributed by atoms with Gasteiger partial charge in [0.25, 0.3) is 0 Å². The van der Waals surface area contributed by atoms with E-state index >= 15 is 0 Å². The first-order chi connectivity index (χ1) is 12.8. The molecule has 1 aromatic heterocycles. The largest absolute Gasteiger partial charge is 0.481 e. The Labute approximate surface area is 155 Å². The second-order valence-corrected chi connectivity index (χ2v) is 6.92. The minimum atomic E-state index is -0.915. The van der Waals surface area contributed by atoms with Gasteiger partial charge in [0.05, 0.1) is 5.92 Å². The van der Waals surface area contributed by atoms with E-state index in [9.17, 15) is 23.9 Å². The number of rotatable bonds is 5. The number of carbonyl (C=O) groups is 3. The minimum Gasteiger partial charge on any atom is -0.481 e. The van der Waals surface area contributed by atoms with Crippen molar-refractivity contribution in [1.29, 1.82) is 0 Å². The molecule has 2 amide bonds. The van der Waals surface area contributed by atoms with Gasteiger partial charge in [0.15, 0.2) is 0 Å². The van der Waals surface area contributed by atoms with Crippen LogP contribution >= 0.6 is 0 Å². The molecule has 0 spiro atoms. The quantitative estimate of drug-likeness (QED) is 0.740. The third-order valence-corrected chi connectivity index (χ3v) is 4.91. The molecular formula is C19H22FN3O4. The number of aromatic nitrogens is 1. The summed E-state index contributed by atoms with van der Waals surface area (Å²) < 4.78 is 13.4. The van der Waals surface area contributed by atoms with Crippen LogP contribution in [0.15, 0.2) is 24.4 Å². The summed E-state index contributed by atoms with van der Waals surface area (Å²) >= 11 is 0. The van der Waals surface area contributed by atoms with Crippen LogP contribution in [-0.2, 0) is 20.8 Å². The number of aromatic amines is 1. The molecule has 0 aliphatic carbocycles. The average molecular weight is 375 g/mol. The second-order valence-electron chi connectivity index (χ2n) is 6.92. The van der Waals surface area contributed by atoms with Crippen molar-refractivity contribution in [2.75, 3.05) is 13.1 Å². The number of likely N-dealkylation sites (tertiary alicyclic amines) is 1. The molecule has 144 valence electrons. The fourth-order valence-corrected chi connectivity index (χ4v) is 3.59. The zero-order valence-corrected chi connectivity index (χ0v) is 15.0. The second kappa shape index (κ2) is 7.77. The summed E-state index contributed by atoms with van der Waals surface area (Å²) in [5.74, 6) is -2.50. The van der Waals surface area contributed by atoms with E-state index in [1.807, 2.05) is 0 Å². The highest BCUT2D eigenvalue weighted by Crippen LogP contribution is 2.22. The van der Waals surface area contributed by atoms with Crippen LogP contribution in [0.4, 0.5) is 4.39 Å². The first-order valence-corrected chi connectivity index (χ1v) is 8.89. The molecule has 0 saturated carbocycles. The molecular weight excluding hydrogens is 353 g/mol. The first-order valence-electron chi connectivity index (χ1n) is 8.89. The van der Waals surface area contributed by atoms with E-state index in [1.165, 1.54) is 24.0 Å². The Morgan fingerprint density at radius 3 is 2.89 bits per heavy atom. The molecule has 27 heavy (non-hydrogen) atoms. The van der Waals surface area contributed by atoms with Gasteiger partial charge in [0, 0.05) is 43.5 Å². The fraction of sp³-hybridized carbons (Fsp3) is 0.421. The molecule has 3 rings (SSSR count). The van der Waals surface area contributed by atoms with E-state index in [-0.39, 0.29) is 30.6 Å². The van der Waals surface area contributed by atoms with Crippen LogP contribution < -0.4 is 5.32 Å². The number of nitrogens with one attached hydrogen (secondary N) is 2. The molecule has 0 bridgehead atoms. The Morgan fingerprint density at radius 2 is 2.19 bits per heavy atom. The maximum absolute atomic E-state index is 13.4. The van der Waals surface area contributed by atoms with E-state index in [4.69, 9.17) is 0 Å². The van der Waals surface area contributed by atoms with Gasteiger partial charge in [-0.1, -0.05) is 0 Å². The Bertz CT molecular complexity index is 879.